The normalized spacial score (nSPS) is 15.3. The van der Waals surface area contributed by atoms with Crippen molar-refractivity contribution in [2.45, 2.75) is 6.92 Å². The molecule has 1 aromatic carbocycles. The maximum Gasteiger partial charge on any atom is 0.289 e. The highest BCUT2D eigenvalue weighted by atomic mass is 35.5. The highest BCUT2D eigenvalue weighted by Gasteiger charge is 2.24. The van der Waals surface area contributed by atoms with Gasteiger partial charge in [-0.25, -0.2) is 0 Å². The lowest BCUT2D eigenvalue weighted by Crippen LogP contribution is -2.48. The molecule has 1 aliphatic rings. The number of benzene rings is 1. The minimum atomic E-state index is -0.0394. The second-order valence-corrected chi connectivity index (χ2v) is 5.55. The number of furan rings is 1. The zero-order chi connectivity index (χ0) is 14.8. The van der Waals surface area contributed by atoms with Gasteiger partial charge in [0, 0.05) is 36.9 Å². The second-order valence-electron chi connectivity index (χ2n) is 5.14. The summed E-state index contributed by atoms with van der Waals surface area (Å²) < 4.78 is 5.17. The molecule has 1 fully saturated rings. The van der Waals surface area contributed by atoms with Crippen LogP contribution in [0.3, 0.4) is 0 Å². The van der Waals surface area contributed by atoms with Crippen molar-refractivity contribution in [1.29, 1.82) is 0 Å². The average molecular weight is 305 g/mol. The van der Waals surface area contributed by atoms with Crippen molar-refractivity contribution in [2.75, 3.05) is 31.1 Å². The van der Waals surface area contributed by atoms with Crippen molar-refractivity contribution < 1.29 is 9.21 Å². The largest absolute Gasteiger partial charge is 0.459 e. The molecule has 0 unspecified atom stereocenters. The molecule has 3 rings (SSSR count). The van der Waals surface area contributed by atoms with E-state index in [2.05, 4.69) is 11.0 Å². The van der Waals surface area contributed by atoms with E-state index in [9.17, 15) is 4.79 Å². The van der Waals surface area contributed by atoms with Crippen LogP contribution in [-0.4, -0.2) is 37.0 Å². The van der Waals surface area contributed by atoms with Gasteiger partial charge in [-0.3, -0.25) is 4.79 Å². The van der Waals surface area contributed by atoms with Crippen LogP contribution in [0.2, 0.25) is 5.02 Å². The molecular weight excluding hydrogens is 288 g/mol. The summed E-state index contributed by atoms with van der Waals surface area (Å²) in [6.07, 6.45) is 1.53. The molecule has 0 spiro atoms. The van der Waals surface area contributed by atoms with E-state index in [4.69, 9.17) is 16.0 Å². The number of carbonyl (C=O) groups is 1. The molecule has 0 radical (unpaired) electrons. The third kappa shape index (κ3) is 2.76. The van der Waals surface area contributed by atoms with Gasteiger partial charge in [0.1, 0.15) is 0 Å². The van der Waals surface area contributed by atoms with Gasteiger partial charge in [0.15, 0.2) is 5.76 Å². The van der Waals surface area contributed by atoms with Gasteiger partial charge in [-0.2, -0.15) is 0 Å². The Hall–Kier alpha value is -1.94. The van der Waals surface area contributed by atoms with Crippen LogP contribution < -0.4 is 4.90 Å². The highest BCUT2D eigenvalue weighted by molar-refractivity contribution is 6.31. The quantitative estimate of drug-likeness (QED) is 0.855. The zero-order valence-electron chi connectivity index (χ0n) is 11.9. The van der Waals surface area contributed by atoms with E-state index in [1.54, 1.807) is 12.1 Å². The second kappa shape index (κ2) is 5.82. The number of nitrogens with zero attached hydrogens (tertiary/aromatic N) is 2. The van der Waals surface area contributed by atoms with Crippen LogP contribution >= 0.6 is 11.6 Å². The van der Waals surface area contributed by atoms with Crippen LogP contribution in [-0.2, 0) is 0 Å². The van der Waals surface area contributed by atoms with Gasteiger partial charge < -0.3 is 14.2 Å². The standard InChI is InChI=1S/C16H17ClN2O2/c1-12-13(17)4-2-5-14(12)18-7-9-19(10-8-18)16(20)15-6-3-11-21-15/h2-6,11H,7-10H2,1H3. The van der Waals surface area contributed by atoms with Gasteiger partial charge >= 0.3 is 0 Å². The van der Waals surface area contributed by atoms with Crippen LogP contribution in [0.25, 0.3) is 0 Å². The van der Waals surface area contributed by atoms with Crippen LogP contribution in [0.1, 0.15) is 16.1 Å². The number of hydrogen-bond acceptors (Lipinski definition) is 3. The number of hydrogen-bond donors (Lipinski definition) is 0. The van der Waals surface area contributed by atoms with E-state index in [1.165, 1.54) is 6.26 Å². The molecule has 0 aliphatic carbocycles. The molecule has 1 aromatic heterocycles. The summed E-state index contributed by atoms with van der Waals surface area (Å²) in [5.41, 5.74) is 2.23. The molecule has 110 valence electrons. The predicted molar refractivity (Wildman–Crippen MR) is 83.0 cm³/mol. The summed E-state index contributed by atoms with van der Waals surface area (Å²) in [6.45, 7) is 5.00. The molecule has 4 nitrogen and oxygen atoms in total. The van der Waals surface area contributed by atoms with E-state index in [0.717, 1.165) is 29.4 Å². The molecule has 0 saturated carbocycles. The van der Waals surface area contributed by atoms with Crippen molar-refractivity contribution >= 4 is 23.2 Å². The summed E-state index contributed by atoms with van der Waals surface area (Å²) in [6, 6.07) is 9.38. The van der Waals surface area contributed by atoms with Crippen molar-refractivity contribution in [3.8, 4) is 0 Å². The number of carbonyl (C=O) groups excluding carboxylic acids is 1. The fraction of sp³-hybridized carbons (Fsp3) is 0.312. The van der Waals surface area contributed by atoms with Crippen molar-refractivity contribution in [1.82, 2.24) is 4.90 Å². The van der Waals surface area contributed by atoms with Crippen LogP contribution in [0.5, 0.6) is 0 Å². The molecule has 2 aromatic rings. The summed E-state index contributed by atoms with van der Waals surface area (Å²) in [5.74, 6) is 0.366. The van der Waals surface area contributed by atoms with E-state index < -0.39 is 0 Å². The maximum atomic E-state index is 12.2. The number of anilines is 1. The zero-order valence-corrected chi connectivity index (χ0v) is 12.6. The summed E-state index contributed by atoms with van der Waals surface area (Å²) in [7, 11) is 0. The predicted octanol–water partition coefficient (Wildman–Crippen LogP) is 3.20. The first-order valence-electron chi connectivity index (χ1n) is 6.99. The number of piperazine rings is 1. The summed E-state index contributed by atoms with van der Waals surface area (Å²) >= 11 is 6.18. The first-order chi connectivity index (χ1) is 10.2. The monoisotopic (exact) mass is 304 g/mol. The number of halogens is 1. The van der Waals surface area contributed by atoms with Crippen LogP contribution in [0, 0.1) is 6.92 Å². The molecule has 1 amide bonds. The van der Waals surface area contributed by atoms with Gasteiger partial charge in [0.2, 0.25) is 0 Å². The van der Waals surface area contributed by atoms with Gasteiger partial charge in [-0.15, -0.1) is 0 Å². The Balaban J connectivity index is 1.68. The van der Waals surface area contributed by atoms with E-state index in [0.29, 0.717) is 18.8 Å². The first kappa shape index (κ1) is 14.0. The summed E-state index contributed by atoms with van der Waals surface area (Å²) in [4.78, 5) is 16.3. The van der Waals surface area contributed by atoms with Crippen molar-refractivity contribution in [3.05, 3.63) is 52.9 Å². The lowest BCUT2D eigenvalue weighted by Gasteiger charge is -2.36. The fourth-order valence-corrected chi connectivity index (χ4v) is 2.81. The van der Waals surface area contributed by atoms with Gasteiger partial charge in [0.05, 0.1) is 6.26 Å². The molecule has 1 aliphatic heterocycles. The Bertz CT molecular complexity index is 632. The molecule has 2 heterocycles. The highest BCUT2D eigenvalue weighted by Crippen LogP contribution is 2.27. The van der Waals surface area contributed by atoms with Crippen LogP contribution in [0.4, 0.5) is 5.69 Å². The average Bonchev–Trinajstić information content (AvgIpc) is 3.04. The maximum absolute atomic E-state index is 12.2. The van der Waals surface area contributed by atoms with Crippen LogP contribution in [0.15, 0.2) is 41.0 Å². The molecule has 0 N–H and O–H groups in total. The Morgan fingerprint density at radius 1 is 1.14 bits per heavy atom. The van der Waals surface area contributed by atoms with Crippen molar-refractivity contribution in [2.24, 2.45) is 0 Å². The van der Waals surface area contributed by atoms with Gasteiger partial charge in [-0.1, -0.05) is 17.7 Å². The van der Waals surface area contributed by atoms with E-state index in [1.807, 2.05) is 24.0 Å². The summed E-state index contributed by atoms with van der Waals surface area (Å²) in [5, 5.41) is 0.779. The fourth-order valence-electron chi connectivity index (χ4n) is 2.65. The van der Waals surface area contributed by atoms with E-state index >= 15 is 0 Å². The Morgan fingerprint density at radius 3 is 2.57 bits per heavy atom. The molecule has 21 heavy (non-hydrogen) atoms. The minimum absolute atomic E-state index is 0.0394. The third-order valence-corrected chi connectivity index (χ3v) is 4.29. The van der Waals surface area contributed by atoms with Crippen molar-refractivity contribution in [3.63, 3.8) is 0 Å². The topological polar surface area (TPSA) is 36.7 Å². The first-order valence-corrected chi connectivity index (χ1v) is 7.37. The molecule has 5 heteroatoms. The SMILES string of the molecule is Cc1c(Cl)cccc1N1CCN(C(=O)c2ccco2)CC1. The number of rotatable bonds is 2. The third-order valence-electron chi connectivity index (χ3n) is 3.88. The lowest BCUT2D eigenvalue weighted by molar-refractivity contribution is 0.0714. The smallest absolute Gasteiger partial charge is 0.289 e. The molecular formula is C16H17ClN2O2. The van der Waals surface area contributed by atoms with E-state index in [-0.39, 0.29) is 5.91 Å². The van der Waals surface area contributed by atoms with Gasteiger partial charge in [-0.05, 0) is 36.8 Å². The Labute approximate surface area is 128 Å². The Kier molecular flexibility index (Phi) is 3.88. The molecule has 1 saturated heterocycles. The van der Waals surface area contributed by atoms with Gasteiger partial charge in [0.25, 0.3) is 5.91 Å². The number of amides is 1. The molecule has 0 bridgehead atoms. The minimum Gasteiger partial charge on any atom is -0.459 e. The molecule has 0 atom stereocenters. The lowest BCUT2D eigenvalue weighted by atomic mass is 10.1. The Morgan fingerprint density at radius 2 is 1.90 bits per heavy atom.